The van der Waals surface area contributed by atoms with E-state index in [1.165, 1.54) is 0 Å². The quantitative estimate of drug-likeness (QED) is 0.876. The summed E-state index contributed by atoms with van der Waals surface area (Å²) in [6.45, 7) is 2.89. The molecular weight excluding hydrogens is 262 g/mol. The molecule has 0 aliphatic heterocycles. The first-order valence-electron chi connectivity index (χ1n) is 6.78. The van der Waals surface area contributed by atoms with Crippen LogP contribution in [0.15, 0.2) is 42.5 Å². The van der Waals surface area contributed by atoms with Crippen molar-refractivity contribution in [2.75, 3.05) is 13.7 Å². The van der Waals surface area contributed by atoms with Gasteiger partial charge in [0.15, 0.2) is 0 Å². The van der Waals surface area contributed by atoms with E-state index in [4.69, 9.17) is 15.2 Å². The Morgan fingerprint density at radius 1 is 1.10 bits per heavy atom. The number of ether oxygens (including phenoxy) is 2. The number of benzene rings is 2. The molecule has 2 rings (SSSR count). The summed E-state index contributed by atoms with van der Waals surface area (Å²) in [6, 6.07) is 13.7. The molecule has 0 saturated carbocycles. The van der Waals surface area contributed by atoms with E-state index < -0.39 is 0 Å². The third kappa shape index (κ3) is 4.27. The summed E-state index contributed by atoms with van der Waals surface area (Å²) in [5.41, 5.74) is 8.52. The van der Waals surface area contributed by atoms with Gasteiger partial charge in [-0.2, -0.15) is 0 Å². The maximum atomic E-state index is 5.80. The first-order chi connectivity index (χ1) is 10.2. The van der Waals surface area contributed by atoms with Crippen molar-refractivity contribution in [3.05, 3.63) is 59.2 Å². The Morgan fingerprint density at radius 2 is 1.95 bits per heavy atom. The van der Waals surface area contributed by atoms with Gasteiger partial charge in [0.25, 0.3) is 0 Å². The molecule has 0 saturated heterocycles. The monoisotopic (exact) mass is 281 g/mol. The normalized spacial score (nSPS) is 9.67. The van der Waals surface area contributed by atoms with Gasteiger partial charge in [-0.3, -0.25) is 0 Å². The van der Waals surface area contributed by atoms with Crippen LogP contribution in [0.2, 0.25) is 0 Å². The van der Waals surface area contributed by atoms with E-state index in [0.29, 0.717) is 13.2 Å². The standard InChI is InChI=1S/C18H19NO2/c1-14-11-18(9-8-16(14)6-4-10-19)21-13-15-5-3-7-17(12-15)20-2/h3,5,7-9,11-12H,10,13,19H2,1-2H3. The minimum atomic E-state index is 0.369. The molecule has 0 spiro atoms. The van der Waals surface area contributed by atoms with Crippen molar-refractivity contribution in [3.63, 3.8) is 0 Å². The van der Waals surface area contributed by atoms with Crippen molar-refractivity contribution in [2.45, 2.75) is 13.5 Å². The smallest absolute Gasteiger partial charge is 0.120 e. The van der Waals surface area contributed by atoms with Gasteiger partial charge in [-0.05, 0) is 48.4 Å². The molecule has 0 unspecified atom stereocenters. The van der Waals surface area contributed by atoms with Crippen LogP contribution in [0.5, 0.6) is 11.5 Å². The number of aryl methyl sites for hydroxylation is 1. The van der Waals surface area contributed by atoms with E-state index in [-0.39, 0.29) is 0 Å². The molecule has 0 amide bonds. The maximum Gasteiger partial charge on any atom is 0.120 e. The van der Waals surface area contributed by atoms with Crippen molar-refractivity contribution >= 4 is 0 Å². The Bertz CT molecular complexity index is 668. The Hall–Kier alpha value is -2.44. The van der Waals surface area contributed by atoms with E-state index in [9.17, 15) is 0 Å². The van der Waals surface area contributed by atoms with E-state index in [1.54, 1.807) is 7.11 Å². The van der Waals surface area contributed by atoms with Gasteiger partial charge in [-0.1, -0.05) is 24.0 Å². The molecule has 0 heterocycles. The largest absolute Gasteiger partial charge is 0.497 e. The fourth-order valence-electron chi connectivity index (χ4n) is 1.94. The number of hydrogen-bond acceptors (Lipinski definition) is 3. The molecule has 2 aromatic carbocycles. The fraction of sp³-hybridized carbons (Fsp3) is 0.222. The first-order valence-corrected chi connectivity index (χ1v) is 6.78. The Kier molecular flexibility index (Phi) is 5.25. The van der Waals surface area contributed by atoms with Crippen molar-refractivity contribution < 1.29 is 9.47 Å². The molecule has 0 aromatic heterocycles. The fourth-order valence-corrected chi connectivity index (χ4v) is 1.94. The molecule has 0 bridgehead atoms. The van der Waals surface area contributed by atoms with Crippen molar-refractivity contribution in [3.8, 4) is 23.3 Å². The van der Waals surface area contributed by atoms with Crippen molar-refractivity contribution in [1.29, 1.82) is 0 Å². The lowest BCUT2D eigenvalue weighted by Crippen LogP contribution is -1.97. The van der Waals surface area contributed by atoms with Crippen LogP contribution in [0.1, 0.15) is 16.7 Å². The predicted octanol–water partition coefficient (Wildman–Crippen LogP) is 2.89. The van der Waals surface area contributed by atoms with E-state index >= 15 is 0 Å². The molecule has 0 fully saturated rings. The third-order valence-electron chi connectivity index (χ3n) is 3.06. The van der Waals surface area contributed by atoms with Crippen LogP contribution < -0.4 is 15.2 Å². The molecular formula is C18H19NO2. The molecule has 21 heavy (non-hydrogen) atoms. The molecule has 2 aromatic rings. The van der Waals surface area contributed by atoms with E-state index in [0.717, 1.165) is 28.2 Å². The van der Waals surface area contributed by atoms with Gasteiger partial charge in [-0.15, -0.1) is 0 Å². The Balaban J connectivity index is 2.04. The summed E-state index contributed by atoms with van der Waals surface area (Å²) >= 11 is 0. The average molecular weight is 281 g/mol. The second-order valence-corrected chi connectivity index (χ2v) is 4.62. The van der Waals surface area contributed by atoms with Crippen LogP contribution in [-0.4, -0.2) is 13.7 Å². The summed E-state index contributed by atoms with van der Waals surface area (Å²) in [7, 11) is 1.66. The van der Waals surface area contributed by atoms with Gasteiger partial charge < -0.3 is 15.2 Å². The minimum absolute atomic E-state index is 0.369. The van der Waals surface area contributed by atoms with Gasteiger partial charge in [-0.25, -0.2) is 0 Å². The lowest BCUT2D eigenvalue weighted by atomic mass is 10.1. The zero-order valence-electron chi connectivity index (χ0n) is 12.3. The molecule has 0 aliphatic rings. The van der Waals surface area contributed by atoms with E-state index in [1.807, 2.05) is 49.4 Å². The van der Waals surface area contributed by atoms with Gasteiger partial charge >= 0.3 is 0 Å². The van der Waals surface area contributed by atoms with Crippen LogP contribution in [-0.2, 0) is 6.61 Å². The lowest BCUT2D eigenvalue weighted by Gasteiger charge is -2.09. The first kappa shape index (κ1) is 15.0. The Morgan fingerprint density at radius 3 is 2.67 bits per heavy atom. The Labute approximate surface area is 125 Å². The summed E-state index contributed by atoms with van der Waals surface area (Å²) in [6.07, 6.45) is 0. The van der Waals surface area contributed by atoms with Gasteiger partial charge in [0.2, 0.25) is 0 Å². The summed E-state index contributed by atoms with van der Waals surface area (Å²) < 4.78 is 11.0. The zero-order chi connectivity index (χ0) is 15.1. The molecule has 2 N–H and O–H groups in total. The highest BCUT2D eigenvalue weighted by molar-refractivity contribution is 5.45. The van der Waals surface area contributed by atoms with Crippen LogP contribution in [0, 0.1) is 18.8 Å². The van der Waals surface area contributed by atoms with E-state index in [2.05, 4.69) is 11.8 Å². The van der Waals surface area contributed by atoms with Crippen molar-refractivity contribution in [2.24, 2.45) is 5.73 Å². The molecule has 0 radical (unpaired) electrons. The average Bonchev–Trinajstić information content (AvgIpc) is 2.52. The van der Waals surface area contributed by atoms with Gasteiger partial charge in [0.1, 0.15) is 18.1 Å². The highest BCUT2D eigenvalue weighted by Gasteiger charge is 2.01. The number of hydrogen-bond donors (Lipinski definition) is 1. The number of rotatable bonds is 4. The van der Waals surface area contributed by atoms with Crippen LogP contribution in [0.25, 0.3) is 0 Å². The van der Waals surface area contributed by atoms with Crippen LogP contribution in [0.3, 0.4) is 0 Å². The van der Waals surface area contributed by atoms with Crippen molar-refractivity contribution in [1.82, 2.24) is 0 Å². The lowest BCUT2D eigenvalue weighted by molar-refractivity contribution is 0.305. The molecule has 0 atom stereocenters. The predicted molar refractivity (Wildman–Crippen MR) is 84.4 cm³/mol. The summed E-state index contributed by atoms with van der Waals surface area (Å²) in [4.78, 5) is 0. The minimum Gasteiger partial charge on any atom is -0.497 e. The van der Waals surface area contributed by atoms with Gasteiger partial charge in [0.05, 0.1) is 13.7 Å². The molecule has 3 heteroatoms. The summed E-state index contributed by atoms with van der Waals surface area (Å²) in [5.74, 6) is 7.56. The second-order valence-electron chi connectivity index (χ2n) is 4.62. The number of methoxy groups -OCH3 is 1. The van der Waals surface area contributed by atoms with Crippen LogP contribution >= 0.6 is 0 Å². The van der Waals surface area contributed by atoms with Crippen LogP contribution in [0.4, 0.5) is 0 Å². The third-order valence-corrected chi connectivity index (χ3v) is 3.06. The highest BCUT2D eigenvalue weighted by atomic mass is 16.5. The van der Waals surface area contributed by atoms with Gasteiger partial charge in [0, 0.05) is 5.56 Å². The second kappa shape index (κ2) is 7.37. The maximum absolute atomic E-state index is 5.80. The molecule has 0 aliphatic carbocycles. The SMILES string of the molecule is COc1cccc(COc2ccc(C#CCN)c(C)c2)c1. The summed E-state index contributed by atoms with van der Waals surface area (Å²) in [5, 5.41) is 0. The topological polar surface area (TPSA) is 44.5 Å². The number of nitrogens with two attached hydrogens (primary N) is 1. The zero-order valence-corrected chi connectivity index (χ0v) is 12.3. The molecule has 108 valence electrons. The highest BCUT2D eigenvalue weighted by Crippen LogP contribution is 2.19. The molecule has 3 nitrogen and oxygen atoms in total.